The first-order chi connectivity index (χ1) is 9.37. The van der Waals surface area contributed by atoms with Crippen molar-refractivity contribution in [3.05, 3.63) is 48.0 Å². The van der Waals surface area contributed by atoms with Gasteiger partial charge < -0.3 is 0 Å². The Hall–Kier alpha value is -1.01. The van der Waals surface area contributed by atoms with Crippen LogP contribution in [0.25, 0.3) is 10.8 Å². The van der Waals surface area contributed by atoms with Gasteiger partial charge in [-0.2, -0.15) is 0 Å². The fraction of sp³-hybridized carbons (Fsp3) is 0.474. The highest BCUT2D eigenvalue weighted by molar-refractivity contribution is 6.21. The molecule has 0 N–H and O–H groups in total. The molecule has 0 bridgehead atoms. The molecule has 0 aliphatic rings. The summed E-state index contributed by atoms with van der Waals surface area (Å²) in [7, 11) is 0. The monoisotopic (exact) mass is 288 g/mol. The third-order valence-electron chi connectivity index (χ3n) is 3.73. The van der Waals surface area contributed by atoms with Crippen LogP contribution < -0.4 is 0 Å². The molecule has 108 valence electrons. The van der Waals surface area contributed by atoms with Gasteiger partial charge in [-0.05, 0) is 40.5 Å². The predicted molar refractivity (Wildman–Crippen MR) is 90.4 cm³/mol. The van der Waals surface area contributed by atoms with E-state index in [9.17, 15) is 0 Å². The molecule has 2 unspecified atom stereocenters. The average Bonchev–Trinajstić information content (AvgIpc) is 2.35. The summed E-state index contributed by atoms with van der Waals surface area (Å²) in [5.74, 6) is 0.636. The lowest BCUT2D eigenvalue weighted by atomic mass is 9.83. The van der Waals surface area contributed by atoms with Crippen LogP contribution in [0, 0.1) is 11.3 Å². The summed E-state index contributed by atoms with van der Waals surface area (Å²) < 4.78 is 0. The van der Waals surface area contributed by atoms with Gasteiger partial charge in [-0.3, -0.25) is 0 Å². The van der Waals surface area contributed by atoms with Crippen LogP contribution in [0.3, 0.4) is 0 Å². The fourth-order valence-corrected chi connectivity index (χ4v) is 3.63. The Labute approximate surface area is 128 Å². The van der Waals surface area contributed by atoms with Gasteiger partial charge in [-0.1, -0.05) is 70.2 Å². The molecular formula is C19H25Cl. The van der Waals surface area contributed by atoms with E-state index in [1.54, 1.807) is 0 Å². The minimum Gasteiger partial charge on any atom is -0.118 e. The highest BCUT2D eigenvalue weighted by Crippen LogP contribution is 2.36. The summed E-state index contributed by atoms with van der Waals surface area (Å²) in [5.41, 5.74) is 1.64. The van der Waals surface area contributed by atoms with E-state index in [0.29, 0.717) is 11.3 Å². The Morgan fingerprint density at radius 2 is 1.65 bits per heavy atom. The minimum absolute atomic E-state index is 0.0958. The third kappa shape index (κ3) is 3.99. The summed E-state index contributed by atoms with van der Waals surface area (Å²) in [5, 5.41) is 2.66. The average molecular weight is 289 g/mol. The molecule has 0 radical (unpaired) electrons. The van der Waals surface area contributed by atoms with Gasteiger partial charge in [-0.25, -0.2) is 0 Å². The fourth-order valence-electron chi connectivity index (χ4n) is 3.13. The molecule has 2 aromatic carbocycles. The molecule has 0 aliphatic carbocycles. The van der Waals surface area contributed by atoms with Crippen LogP contribution in [0.15, 0.2) is 42.5 Å². The lowest BCUT2D eigenvalue weighted by Crippen LogP contribution is -2.12. The van der Waals surface area contributed by atoms with Crippen molar-refractivity contribution in [3.8, 4) is 0 Å². The van der Waals surface area contributed by atoms with Gasteiger partial charge in [0, 0.05) is 0 Å². The molecule has 0 nitrogen and oxygen atoms in total. The smallest absolute Gasteiger partial charge is 0.0593 e. The summed E-state index contributed by atoms with van der Waals surface area (Å²) in [6.45, 7) is 9.20. The second kappa shape index (κ2) is 6.18. The summed E-state index contributed by atoms with van der Waals surface area (Å²) in [4.78, 5) is 0. The van der Waals surface area contributed by atoms with Gasteiger partial charge in [0.05, 0.1) is 5.38 Å². The molecule has 0 fully saturated rings. The Morgan fingerprint density at radius 1 is 1.00 bits per heavy atom. The summed E-state index contributed by atoms with van der Waals surface area (Å²) >= 11 is 6.71. The maximum atomic E-state index is 6.71. The molecule has 0 heterocycles. The molecule has 20 heavy (non-hydrogen) atoms. The maximum absolute atomic E-state index is 6.71. The van der Waals surface area contributed by atoms with Crippen LogP contribution in [0.5, 0.6) is 0 Å². The van der Waals surface area contributed by atoms with E-state index >= 15 is 0 Å². The first-order valence-corrected chi connectivity index (χ1v) is 7.92. The van der Waals surface area contributed by atoms with Crippen LogP contribution in [0.4, 0.5) is 0 Å². The largest absolute Gasteiger partial charge is 0.118 e. The number of hydrogen-bond donors (Lipinski definition) is 0. The standard InChI is InChI=1S/C19H25Cl/c1-14(13-19(2,3)4)12-18(20)17-11-7-9-15-8-5-6-10-16(15)17/h5-11,14,18H,12-13H2,1-4H3. The van der Waals surface area contributed by atoms with Gasteiger partial charge in [0.25, 0.3) is 0 Å². The molecule has 0 amide bonds. The topological polar surface area (TPSA) is 0 Å². The normalized spacial score (nSPS) is 15.2. The first kappa shape index (κ1) is 15.4. The molecule has 2 atom stereocenters. The van der Waals surface area contributed by atoms with E-state index in [2.05, 4.69) is 70.2 Å². The van der Waals surface area contributed by atoms with Gasteiger partial charge in [-0.15, -0.1) is 11.6 Å². The van der Waals surface area contributed by atoms with Gasteiger partial charge in [0.2, 0.25) is 0 Å². The van der Waals surface area contributed by atoms with Crippen LogP contribution in [-0.4, -0.2) is 0 Å². The van der Waals surface area contributed by atoms with Crippen LogP contribution in [-0.2, 0) is 0 Å². The van der Waals surface area contributed by atoms with Crippen molar-refractivity contribution < 1.29 is 0 Å². The Kier molecular flexibility index (Phi) is 4.75. The van der Waals surface area contributed by atoms with E-state index in [1.807, 2.05) is 0 Å². The number of rotatable bonds is 4. The lowest BCUT2D eigenvalue weighted by Gasteiger charge is -2.25. The Morgan fingerprint density at radius 3 is 2.35 bits per heavy atom. The Balaban J connectivity index is 2.17. The highest BCUT2D eigenvalue weighted by Gasteiger charge is 2.19. The minimum atomic E-state index is 0.0958. The summed E-state index contributed by atoms with van der Waals surface area (Å²) in [6.07, 6.45) is 2.24. The second-order valence-electron chi connectivity index (χ2n) is 7.14. The van der Waals surface area contributed by atoms with Crippen molar-refractivity contribution in [2.45, 2.75) is 45.9 Å². The number of fused-ring (bicyclic) bond motifs is 1. The third-order valence-corrected chi connectivity index (χ3v) is 4.14. The van der Waals surface area contributed by atoms with Crippen molar-refractivity contribution >= 4 is 22.4 Å². The maximum Gasteiger partial charge on any atom is 0.0593 e. The zero-order chi connectivity index (χ0) is 14.8. The molecular weight excluding hydrogens is 264 g/mol. The second-order valence-corrected chi connectivity index (χ2v) is 7.67. The van der Waals surface area contributed by atoms with E-state index in [4.69, 9.17) is 11.6 Å². The van der Waals surface area contributed by atoms with E-state index in [-0.39, 0.29) is 5.38 Å². The van der Waals surface area contributed by atoms with Gasteiger partial charge >= 0.3 is 0 Å². The Bertz CT molecular complexity index is 560. The molecule has 2 rings (SSSR count). The summed E-state index contributed by atoms with van der Waals surface area (Å²) in [6, 6.07) is 14.9. The molecule has 2 aromatic rings. The van der Waals surface area contributed by atoms with Crippen molar-refractivity contribution in [1.82, 2.24) is 0 Å². The molecule has 0 aliphatic heterocycles. The zero-order valence-electron chi connectivity index (χ0n) is 13.0. The highest BCUT2D eigenvalue weighted by atomic mass is 35.5. The van der Waals surface area contributed by atoms with Crippen molar-refractivity contribution in [2.75, 3.05) is 0 Å². The van der Waals surface area contributed by atoms with E-state index in [1.165, 1.54) is 22.8 Å². The van der Waals surface area contributed by atoms with Gasteiger partial charge in [0.1, 0.15) is 0 Å². The van der Waals surface area contributed by atoms with Crippen molar-refractivity contribution in [2.24, 2.45) is 11.3 Å². The predicted octanol–water partition coefficient (Wildman–Crippen LogP) is 6.58. The molecule has 0 aromatic heterocycles. The first-order valence-electron chi connectivity index (χ1n) is 7.48. The number of hydrogen-bond acceptors (Lipinski definition) is 0. The van der Waals surface area contributed by atoms with Gasteiger partial charge in [0.15, 0.2) is 0 Å². The number of benzene rings is 2. The lowest BCUT2D eigenvalue weighted by molar-refractivity contribution is 0.295. The van der Waals surface area contributed by atoms with Crippen LogP contribution in [0.2, 0.25) is 0 Å². The molecule has 0 spiro atoms. The van der Waals surface area contributed by atoms with Crippen molar-refractivity contribution in [1.29, 1.82) is 0 Å². The molecule has 0 saturated carbocycles. The zero-order valence-corrected chi connectivity index (χ0v) is 13.7. The van der Waals surface area contributed by atoms with E-state index < -0.39 is 0 Å². The quantitative estimate of drug-likeness (QED) is 0.557. The van der Waals surface area contributed by atoms with Crippen LogP contribution >= 0.6 is 11.6 Å². The number of alkyl halides is 1. The SMILES string of the molecule is CC(CC(Cl)c1cccc2ccccc12)CC(C)(C)C. The van der Waals surface area contributed by atoms with Crippen LogP contribution in [0.1, 0.15) is 51.5 Å². The molecule has 1 heteroatoms. The van der Waals surface area contributed by atoms with Crippen molar-refractivity contribution in [3.63, 3.8) is 0 Å². The van der Waals surface area contributed by atoms with E-state index in [0.717, 1.165) is 6.42 Å². The number of halogens is 1. The molecule has 0 saturated heterocycles.